The molecule has 1 saturated heterocycles. The van der Waals surface area contributed by atoms with E-state index < -0.39 is 54.5 Å². The fourth-order valence-electron chi connectivity index (χ4n) is 10.7. The van der Waals surface area contributed by atoms with Crippen LogP contribution in [0.5, 0.6) is 0 Å². The molecule has 5 aliphatic rings. The molecule has 4 saturated carbocycles. The lowest BCUT2D eigenvalue weighted by Crippen LogP contribution is -2.63. The number of carboxylic acid groups (broad SMARTS) is 1. The van der Waals surface area contributed by atoms with Crippen LogP contribution in [0.15, 0.2) is 0 Å². The van der Waals surface area contributed by atoms with Gasteiger partial charge in [0.15, 0.2) is 12.4 Å². The first-order chi connectivity index (χ1) is 20.0. The van der Waals surface area contributed by atoms with Crippen LogP contribution in [0.1, 0.15) is 98.8 Å². The average Bonchev–Trinajstić information content (AvgIpc) is 3.27. The summed E-state index contributed by atoms with van der Waals surface area (Å²) < 4.78 is 11.4. The van der Waals surface area contributed by atoms with Gasteiger partial charge in [0.2, 0.25) is 0 Å². The Kier molecular flexibility index (Phi) is 9.40. The van der Waals surface area contributed by atoms with Crippen molar-refractivity contribution in [3.05, 3.63) is 0 Å². The van der Waals surface area contributed by atoms with Crippen molar-refractivity contribution < 1.29 is 50.0 Å². The van der Waals surface area contributed by atoms with Crippen molar-refractivity contribution in [3.8, 4) is 0 Å². The summed E-state index contributed by atoms with van der Waals surface area (Å²) in [4.78, 5) is 11.5. The number of aliphatic hydroxyl groups is 6. The maximum atomic E-state index is 11.9. The maximum absolute atomic E-state index is 11.9. The Morgan fingerprint density at radius 3 is 2.33 bits per heavy atom. The van der Waals surface area contributed by atoms with Crippen molar-refractivity contribution in [3.63, 3.8) is 0 Å². The summed E-state index contributed by atoms with van der Waals surface area (Å²) in [5, 5.41) is 73.9. The van der Waals surface area contributed by atoms with Crippen LogP contribution < -0.4 is 0 Å². The second-order valence-corrected chi connectivity index (χ2v) is 16.0. The van der Waals surface area contributed by atoms with Gasteiger partial charge in [-0.2, -0.15) is 0 Å². The molecule has 4 aliphatic carbocycles. The first kappa shape index (κ1) is 33.5. The predicted octanol–water partition coefficient (Wildman–Crippen LogP) is 2.44. The first-order valence-electron chi connectivity index (χ1n) is 16.7. The van der Waals surface area contributed by atoms with Crippen molar-refractivity contribution in [1.29, 1.82) is 0 Å². The van der Waals surface area contributed by atoms with Gasteiger partial charge in [-0.05, 0) is 112 Å². The maximum Gasteiger partial charge on any atom is 0.335 e. The van der Waals surface area contributed by atoms with Crippen molar-refractivity contribution >= 4 is 5.97 Å². The summed E-state index contributed by atoms with van der Waals surface area (Å²) in [6.07, 6.45) is -1.32. The molecule has 10 heteroatoms. The van der Waals surface area contributed by atoms with Gasteiger partial charge < -0.3 is 45.2 Å². The number of aliphatic hydroxyl groups excluding tert-OH is 5. The Balaban J connectivity index is 1.27. The van der Waals surface area contributed by atoms with Gasteiger partial charge in [0.05, 0.1) is 23.9 Å². The summed E-state index contributed by atoms with van der Waals surface area (Å²) in [5.74, 6) is 0.0205. The highest BCUT2D eigenvalue weighted by atomic mass is 16.7. The van der Waals surface area contributed by atoms with E-state index in [0.29, 0.717) is 37.5 Å². The molecule has 16 atom stereocenters. The highest BCUT2D eigenvalue weighted by molar-refractivity contribution is 5.73. The Bertz CT molecular complexity index is 1000. The van der Waals surface area contributed by atoms with E-state index in [1.807, 2.05) is 13.8 Å². The highest BCUT2D eigenvalue weighted by Crippen LogP contribution is 2.68. The molecule has 0 spiro atoms. The summed E-state index contributed by atoms with van der Waals surface area (Å²) in [7, 11) is 0. The number of carbonyl (C=O) groups is 1. The van der Waals surface area contributed by atoms with Crippen molar-refractivity contribution in [2.24, 2.45) is 46.3 Å². The molecule has 1 heterocycles. The van der Waals surface area contributed by atoms with Gasteiger partial charge in [0.25, 0.3) is 0 Å². The molecule has 1 aliphatic heterocycles. The van der Waals surface area contributed by atoms with E-state index >= 15 is 0 Å². The Labute approximate surface area is 255 Å². The lowest BCUT2D eigenvalue weighted by molar-refractivity contribution is -0.310. The molecule has 7 N–H and O–H groups in total. The van der Waals surface area contributed by atoms with Crippen molar-refractivity contribution in [2.45, 2.75) is 153 Å². The minimum absolute atomic E-state index is 0.103. The molecule has 0 amide bonds. The van der Waals surface area contributed by atoms with Crippen LogP contribution in [0.2, 0.25) is 0 Å². The van der Waals surface area contributed by atoms with Gasteiger partial charge in [-0.3, -0.25) is 0 Å². The number of ether oxygens (including phenoxy) is 2. The molecule has 10 nitrogen and oxygen atoms in total. The predicted molar refractivity (Wildman–Crippen MR) is 156 cm³/mol. The molecule has 5 rings (SSSR count). The van der Waals surface area contributed by atoms with Crippen molar-refractivity contribution in [1.82, 2.24) is 0 Å². The summed E-state index contributed by atoms with van der Waals surface area (Å²) in [5.41, 5.74) is -1.02. The van der Waals surface area contributed by atoms with Gasteiger partial charge >= 0.3 is 5.97 Å². The van der Waals surface area contributed by atoms with E-state index in [1.165, 1.54) is 0 Å². The Morgan fingerprint density at radius 2 is 1.67 bits per heavy atom. The van der Waals surface area contributed by atoms with Crippen LogP contribution in [-0.4, -0.2) is 96.3 Å². The Morgan fingerprint density at radius 1 is 0.977 bits per heavy atom. The molecule has 248 valence electrons. The van der Waals surface area contributed by atoms with Gasteiger partial charge in [-0.1, -0.05) is 33.6 Å². The van der Waals surface area contributed by atoms with Gasteiger partial charge in [0, 0.05) is 0 Å². The van der Waals surface area contributed by atoms with Crippen LogP contribution in [0.25, 0.3) is 0 Å². The fourth-order valence-corrected chi connectivity index (χ4v) is 10.7. The normalized spacial score (nSPS) is 50.8. The van der Waals surface area contributed by atoms with E-state index in [4.69, 9.17) is 9.47 Å². The number of carboxylic acids is 1. The minimum atomic E-state index is -1.76. The number of hydrogen-bond acceptors (Lipinski definition) is 9. The molecule has 43 heavy (non-hydrogen) atoms. The fraction of sp³-hybridized carbons (Fsp3) is 0.970. The lowest BCUT2D eigenvalue weighted by atomic mass is 9.43. The summed E-state index contributed by atoms with van der Waals surface area (Å²) in [6, 6.07) is 0. The third kappa shape index (κ3) is 5.93. The molecule has 0 aromatic heterocycles. The molecular weight excluding hydrogens is 556 g/mol. The minimum Gasteiger partial charge on any atom is -0.479 e. The second kappa shape index (κ2) is 12.1. The van der Waals surface area contributed by atoms with Crippen LogP contribution in [0.4, 0.5) is 0 Å². The topological polar surface area (TPSA) is 177 Å². The standard InChI is InChI=1S/C33H56O10/c1-16(7-6-11-31(2,3)41)19-8-9-20-24-21(15-23(35)33(19,20)5)32(4)12-10-18(13-17(32)14-22(24)34)42-30-27(38)25(36)26(37)28(43-30)29(39)40/h16-28,30,34-38,41H,6-15H2,1-5H3,(H,39,40)/t16-,17?,18?,19-,20+,21+,22?,23-,24+,25-,26+,27-,28+,30-,32+,33-/m1/s1. The molecule has 0 bridgehead atoms. The quantitative estimate of drug-likeness (QED) is 0.202. The lowest BCUT2D eigenvalue weighted by Gasteiger charge is -2.63. The average molecular weight is 613 g/mol. The van der Waals surface area contributed by atoms with Crippen LogP contribution in [-0.2, 0) is 14.3 Å². The zero-order chi connectivity index (χ0) is 31.6. The highest BCUT2D eigenvalue weighted by Gasteiger charge is 2.66. The molecule has 0 aromatic carbocycles. The number of fused-ring (bicyclic) bond motifs is 5. The van der Waals surface area contributed by atoms with Crippen LogP contribution in [0, 0.1) is 46.3 Å². The zero-order valence-corrected chi connectivity index (χ0v) is 26.5. The van der Waals surface area contributed by atoms with Gasteiger partial charge in [-0.25, -0.2) is 4.79 Å². The number of aliphatic carboxylic acids is 1. The first-order valence-corrected chi connectivity index (χ1v) is 16.7. The van der Waals surface area contributed by atoms with Gasteiger partial charge in [-0.15, -0.1) is 0 Å². The molecular formula is C33H56O10. The summed E-state index contributed by atoms with van der Waals surface area (Å²) >= 11 is 0. The molecule has 0 aromatic rings. The molecule has 3 unspecified atom stereocenters. The smallest absolute Gasteiger partial charge is 0.335 e. The van der Waals surface area contributed by atoms with Crippen molar-refractivity contribution in [2.75, 3.05) is 0 Å². The van der Waals surface area contributed by atoms with E-state index in [1.54, 1.807) is 0 Å². The van der Waals surface area contributed by atoms with E-state index in [-0.39, 0.29) is 40.6 Å². The third-order valence-corrected chi connectivity index (χ3v) is 13.1. The molecule has 0 radical (unpaired) electrons. The zero-order valence-electron chi connectivity index (χ0n) is 26.5. The number of hydrogen-bond donors (Lipinski definition) is 7. The second-order valence-electron chi connectivity index (χ2n) is 16.0. The monoisotopic (exact) mass is 612 g/mol. The Hall–Kier alpha value is -0.850. The van der Waals surface area contributed by atoms with E-state index in [0.717, 1.165) is 38.5 Å². The van der Waals surface area contributed by atoms with Crippen LogP contribution in [0.3, 0.4) is 0 Å². The van der Waals surface area contributed by atoms with Gasteiger partial charge in [0.1, 0.15) is 18.3 Å². The molecule has 5 fully saturated rings. The SMILES string of the molecule is C[C@H](CCCC(C)(C)O)[C@H]1CC[C@H]2[C@@H]3C(O)CC4CC(O[C@@H]5O[C@H](C(=O)O)[C@@H](O)[C@@H](O)[C@H]5O)CC[C@]4(C)[C@H]3C[C@@H](O)[C@]12C. The van der Waals surface area contributed by atoms with Crippen LogP contribution >= 0.6 is 0 Å². The largest absolute Gasteiger partial charge is 0.479 e. The van der Waals surface area contributed by atoms with E-state index in [2.05, 4.69) is 20.8 Å². The third-order valence-electron chi connectivity index (χ3n) is 13.1. The number of rotatable bonds is 8. The summed E-state index contributed by atoms with van der Waals surface area (Å²) in [6.45, 7) is 10.6. The van der Waals surface area contributed by atoms with E-state index in [9.17, 15) is 40.5 Å².